The molecule has 0 aromatic rings. The summed E-state index contributed by atoms with van der Waals surface area (Å²) in [6.45, 7) is 6.11. The lowest BCUT2D eigenvalue weighted by molar-refractivity contribution is -0.157. The van der Waals surface area contributed by atoms with E-state index >= 15 is 0 Å². The van der Waals surface area contributed by atoms with Crippen LogP contribution in [0.5, 0.6) is 0 Å². The number of esters is 2. The van der Waals surface area contributed by atoms with Gasteiger partial charge in [0.1, 0.15) is 6.61 Å². The van der Waals surface area contributed by atoms with Crippen molar-refractivity contribution >= 4 is 23.8 Å². The van der Waals surface area contributed by atoms with Crippen LogP contribution in [0.3, 0.4) is 0 Å². The topological polar surface area (TPSA) is 90.0 Å². The van der Waals surface area contributed by atoms with Gasteiger partial charge in [-0.3, -0.25) is 14.5 Å². The van der Waals surface area contributed by atoms with Gasteiger partial charge in [-0.05, 0) is 12.8 Å². The van der Waals surface area contributed by atoms with Crippen LogP contribution in [0.15, 0.2) is 37.5 Å². The number of carbonyl (C=O) groups excluding carboxylic acids is 4. The summed E-state index contributed by atoms with van der Waals surface area (Å²) in [6.07, 6.45) is 5.96. The van der Waals surface area contributed by atoms with Gasteiger partial charge in [-0.2, -0.15) is 0 Å². The third-order valence-corrected chi connectivity index (χ3v) is 3.97. The molecule has 0 radical (unpaired) electrons. The zero-order valence-electron chi connectivity index (χ0n) is 13.2. The molecule has 0 saturated carbocycles. The molecule has 0 bridgehead atoms. The highest BCUT2D eigenvalue weighted by Gasteiger charge is 2.47. The molecule has 128 valence electrons. The molecule has 24 heavy (non-hydrogen) atoms. The monoisotopic (exact) mass is 333 g/mol. The summed E-state index contributed by atoms with van der Waals surface area (Å²) >= 11 is 0. The second-order valence-electron chi connectivity index (χ2n) is 5.52. The van der Waals surface area contributed by atoms with Crippen molar-refractivity contribution in [3.63, 3.8) is 0 Å². The summed E-state index contributed by atoms with van der Waals surface area (Å²) in [7, 11) is 0. The molecule has 0 aromatic heterocycles. The first-order chi connectivity index (χ1) is 11.5. The Morgan fingerprint density at radius 3 is 2.58 bits per heavy atom. The summed E-state index contributed by atoms with van der Waals surface area (Å²) < 4.78 is 9.94. The first-order valence-electron chi connectivity index (χ1n) is 7.62. The fourth-order valence-electron chi connectivity index (χ4n) is 2.81. The molecule has 1 aliphatic heterocycles. The Morgan fingerprint density at radius 1 is 1.25 bits per heavy atom. The predicted octanol–water partition coefficient (Wildman–Crippen LogP) is 0.765. The van der Waals surface area contributed by atoms with E-state index in [2.05, 4.69) is 13.2 Å². The molecule has 3 unspecified atom stereocenters. The Kier molecular flexibility index (Phi) is 5.68. The number of likely N-dealkylation sites (tertiary alicyclic amines) is 1. The molecule has 0 aromatic carbocycles. The van der Waals surface area contributed by atoms with Crippen molar-refractivity contribution in [1.82, 2.24) is 4.90 Å². The Morgan fingerprint density at radius 2 is 1.96 bits per heavy atom. The van der Waals surface area contributed by atoms with Gasteiger partial charge in [-0.25, -0.2) is 9.59 Å². The highest BCUT2D eigenvalue weighted by Crippen LogP contribution is 2.34. The number of rotatable bonds is 7. The second kappa shape index (κ2) is 7.72. The average Bonchev–Trinajstić information content (AvgIpc) is 2.84. The Hall–Kier alpha value is -2.70. The van der Waals surface area contributed by atoms with E-state index in [0.29, 0.717) is 6.42 Å². The molecule has 2 rings (SSSR count). The summed E-state index contributed by atoms with van der Waals surface area (Å²) in [5.41, 5.74) is 0. The molecule has 7 heteroatoms. The minimum absolute atomic E-state index is 0.164. The van der Waals surface area contributed by atoms with Crippen molar-refractivity contribution in [2.75, 3.05) is 13.2 Å². The van der Waals surface area contributed by atoms with Crippen LogP contribution in [0.2, 0.25) is 0 Å². The van der Waals surface area contributed by atoms with Crippen LogP contribution in [0.25, 0.3) is 0 Å². The smallest absolute Gasteiger partial charge is 0.330 e. The molecule has 0 N–H and O–H groups in total. The van der Waals surface area contributed by atoms with E-state index in [0.717, 1.165) is 23.5 Å². The third kappa shape index (κ3) is 3.79. The lowest BCUT2D eigenvalue weighted by atomic mass is 9.86. The zero-order valence-corrected chi connectivity index (χ0v) is 13.2. The van der Waals surface area contributed by atoms with Gasteiger partial charge in [0.2, 0.25) is 11.8 Å². The van der Waals surface area contributed by atoms with Gasteiger partial charge in [-0.1, -0.05) is 25.3 Å². The fourth-order valence-corrected chi connectivity index (χ4v) is 2.81. The van der Waals surface area contributed by atoms with Crippen molar-refractivity contribution in [3.05, 3.63) is 37.5 Å². The van der Waals surface area contributed by atoms with Crippen molar-refractivity contribution in [3.8, 4) is 0 Å². The third-order valence-electron chi connectivity index (χ3n) is 3.97. The highest BCUT2D eigenvalue weighted by atomic mass is 16.6. The molecular weight excluding hydrogens is 314 g/mol. The van der Waals surface area contributed by atoms with Crippen molar-refractivity contribution < 1.29 is 28.7 Å². The summed E-state index contributed by atoms with van der Waals surface area (Å²) in [6, 6.07) is 0. The van der Waals surface area contributed by atoms with Crippen LogP contribution in [0.4, 0.5) is 0 Å². The van der Waals surface area contributed by atoms with Crippen LogP contribution < -0.4 is 0 Å². The number of hydrogen-bond acceptors (Lipinski definition) is 6. The standard InChI is InChI=1S/C17H19NO6/c1-3-14(19)23-10-11(24-15(20)4-2)9-18-16(21)12-7-5-6-8-13(12)17(18)22/h3-5,7,11-13H,1-2,6,8-10H2. The number of nitrogens with zero attached hydrogens (tertiary/aromatic N) is 1. The summed E-state index contributed by atoms with van der Waals surface area (Å²) in [5, 5.41) is 0. The SMILES string of the molecule is C=CC(=O)OCC(CN1C(=O)C2C=CCCC2C1=O)OC(=O)C=C. The van der Waals surface area contributed by atoms with E-state index in [1.807, 2.05) is 6.08 Å². The van der Waals surface area contributed by atoms with Crippen LogP contribution in [-0.2, 0) is 28.7 Å². The van der Waals surface area contributed by atoms with E-state index in [1.165, 1.54) is 0 Å². The molecule has 1 heterocycles. The lowest BCUT2D eigenvalue weighted by Gasteiger charge is -2.22. The minimum Gasteiger partial charge on any atom is -0.459 e. The number of fused-ring (bicyclic) bond motifs is 1. The first kappa shape index (κ1) is 17.7. The average molecular weight is 333 g/mol. The fraction of sp³-hybridized carbons (Fsp3) is 0.412. The van der Waals surface area contributed by atoms with E-state index in [-0.39, 0.29) is 30.9 Å². The van der Waals surface area contributed by atoms with E-state index in [1.54, 1.807) is 6.08 Å². The highest BCUT2D eigenvalue weighted by molar-refractivity contribution is 6.06. The second-order valence-corrected chi connectivity index (χ2v) is 5.52. The number of carbonyl (C=O) groups is 4. The van der Waals surface area contributed by atoms with Gasteiger partial charge in [-0.15, -0.1) is 0 Å². The number of imide groups is 1. The predicted molar refractivity (Wildman–Crippen MR) is 83.3 cm³/mol. The van der Waals surface area contributed by atoms with E-state index < -0.39 is 24.0 Å². The molecule has 1 aliphatic carbocycles. The normalized spacial score (nSPS) is 23.4. The quantitative estimate of drug-likeness (QED) is 0.296. The minimum atomic E-state index is -0.962. The largest absolute Gasteiger partial charge is 0.459 e. The molecule has 0 spiro atoms. The molecule has 1 fully saturated rings. The van der Waals surface area contributed by atoms with Gasteiger partial charge in [0.25, 0.3) is 0 Å². The number of ether oxygens (including phenoxy) is 2. The van der Waals surface area contributed by atoms with Crippen molar-refractivity contribution in [1.29, 1.82) is 0 Å². The molecule has 3 atom stereocenters. The summed E-state index contributed by atoms with van der Waals surface area (Å²) in [5.74, 6) is -2.86. The maximum atomic E-state index is 12.4. The molecule has 7 nitrogen and oxygen atoms in total. The van der Waals surface area contributed by atoms with Crippen LogP contribution in [-0.4, -0.2) is 47.9 Å². The van der Waals surface area contributed by atoms with Gasteiger partial charge in [0.05, 0.1) is 18.4 Å². The Labute approximate surface area is 139 Å². The first-order valence-corrected chi connectivity index (χ1v) is 7.62. The van der Waals surface area contributed by atoms with Crippen molar-refractivity contribution in [2.24, 2.45) is 11.8 Å². The van der Waals surface area contributed by atoms with E-state index in [4.69, 9.17) is 9.47 Å². The molecular formula is C17H19NO6. The molecule has 2 aliphatic rings. The number of hydrogen-bond donors (Lipinski definition) is 0. The lowest BCUT2D eigenvalue weighted by Crippen LogP contribution is -2.41. The molecule has 2 amide bonds. The summed E-state index contributed by atoms with van der Waals surface area (Å²) in [4.78, 5) is 48.5. The van der Waals surface area contributed by atoms with Crippen LogP contribution in [0, 0.1) is 11.8 Å². The van der Waals surface area contributed by atoms with Gasteiger partial charge in [0, 0.05) is 12.2 Å². The Balaban J connectivity index is 2.08. The van der Waals surface area contributed by atoms with Gasteiger partial charge in [0.15, 0.2) is 6.10 Å². The van der Waals surface area contributed by atoms with Gasteiger partial charge < -0.3 is 9.47 Å². The molecule has 1 saturated heterocycles. The number of allylic oxidation sites excluding steroid dienone is 1. The van der Waals surface area contributed by atoms with Crippen LogP contribution in [0.1, 0.15) is 12.8 Å². The maximum Gasteiger partial charge on any atom is 0.330 e. The van der Waals surface area contributed by atoms with Gasteiger partial charge >= 0.3 is 11.9 Å². The van der Waals surface area contributed by atoms with E-state index in [9.17, 15) is 19.2 Å². The van der Waals surface area contributed by atoms with Crippen molar-refractivity contribution in [2.45, 2.75) is 18.9 Å². The maximum absolute atomic E-state index is 12.4. The van der Waals surface area contributed by atoms with Crippen LogP contribution >= 0.6 is 0 Å². The zero-order chi connectivity index (χ0) is 17.7. The Bertz CT molecular complexity index is 608. The number of amides is 2.